The molecule has 3 atom stereocenters. The number of Topliss-reactive ketones (excluding diaryl/α,β-unsaturated/α-hetero) is 1. The fourth-order valence-corrected chi connectivity index (χ4v) is 3.40. The number of carbonyl (C=O) groups excluding carboxylic acids is 1. The van der Waals surface area contributed by atoms with Crippen LogP contribution in [0.5, 0.6) is 0 Å². The molecule has 0 aromatic heterocycles. The molecule has 3 unspecified atom stereocenters. The predicted octanol–water partition coefficient (Wildman–Crippen LogP) is 3.67. The van der Waals surface area contributed by atoms with Gasteiger partial charge in [-0.1, -0.05) is 54.6 Å². The van der Waals surface area contributed by atoms with Crippen LogP contribution in [0, 0.1) is 5.92 Å². The Labute approximate surface area is 124 Å². The van der Waals surface area contributed by atoms with E-state index in [-0.39, 0.29) is 17.8 Å². The normalized spacial score (nSPS) is 27.0. The Morgan fingerprint density at radius 1 is 1.00 bits per heavy atom. The number of benzene rings is 2. The molecule has 0 N–H and O–H groups in total. The van der Waals surface area contributed by atoms with Crippen LogP contribution in [-0.4, -0.2) is 12.4 Å². The Hall–Kier alpha value is -1.93. The van der Waals surface area contributed by atoms with Crippen molar-refractivity contribution in [2.24, 2.45) is 5.92 Å². The van der Waals surface area contributed by atoms with Crippen molar-refractivity contribution in [2.75, 3.05) is 6.61 Å². The van der Waals surface area contributed by atoms with Gasteiger partial charge in [0.15, 0.2) is 5.78 Å². The summed E-state index contributed by atoms with van der Waals surface area (Å²) in [6.07, 6.45) is 1.52. The molecule has 1 fully saturated rings. The summed E-state index contributed by atoms with van der Waals surface area (Å²) in [5.74, 6) is 0.774. The van der Waals surface area contributed by atoms with Gasteiger partial charge < -0.3 is 4.74 Å². The fraction of sp³-hybridized carbons (Fsp3) is 0.316. The minimum Gasteiger partial charge on any atom is -0.365 e. The van der Waals surface area contributed by atoms with Gasteiger partial charge in [-0.05, 0) is 35.4 Å². The molecule has 2 heteroatoms. The average Bonchev–Trinajstić information content (AvgIpc) is 3.35. The maximum absolute atomic E-state index is 12.8. The lowest BCUT2D eigenvalue weighted by atomic mass is 9.93. The zero-order valence-corrected chi connectivity index (χ0v) is 11.9. The molecule has 2 aromatic carbocycles. The van der Waals surface area contributed by atoms with Crippen molar-refractivity contribution in [3.63, 3.8) is 0 Å². The van der Waals surface area contributed by atoms with Gasteiger partial charge in [0.1, 0.15) is 6.10 Å². The van der Waals surface area contributed by atoms with Crippen LogP contribution in [0.2, 0.25) is 0 Å². The second-order valence-corrected chi connectivity index (χ2v) is 5.96. The predicted molar refractivity (Wildman–Crippen MR) is 81.1 cm³/mol. The standard InChI is InChI=1S/C19H18O2/c20-18(17-12-16(17)13-6-2-1-3-7-13)19-15-9-5-4-8-14(15)10-11-21-19/h1-9,16-17,19H,10-12H2. The van der Waals surface area contributed by atoms with Crippen LogP contribution in [0.4, 0.5) is 0 Å². The highest BCUT2D eigenvalue weighted by atomic mass is 16.5. The first-order valence-corrected chi connectivity index (χ1v) is 7.62. The molecule has 1 aliphatic carbocycles. The SMILES string of the molecule is O=C(C1OCCc2ccccc21)C1CC1c1ccccc1. The van der Waals surface area contributed by atoms with Gasteiger partial charge >= 0.3 is 0 Å². The van der Waals surface area contributed by atoms with E-state index < -0.39 is 0 Å². The number of fused-ring (bicyclic) bond motifs is 1. The Morgan fingerprint density at radius 3 is 2.62 bits per heavy atom. The van der Waals surface area contributed by atoms with Gasteiger partial charge in [0, 0.05) is 5.92 Å². The first-order chi connectivity index (χ1) is 10.3. The summed E-state index contributed by atoms with van der Waals surface area (Å²) < 4.78 is 5.80. The minimum absolute atomic E-state index is 0.128. The Morgan fingerprint density at radius 2 is 1.76 bits per heavy atom. The molecule has 1 heterocycles. The van der Waals surface area contributed by atoms with Crippen molar-refractivity contribution < 1.29 is 9.53 Å². The molecule has 2 aliphatic rings. The summed E-state index contributed by atoms with van der Waals surface area (Å²) in [5.41, 5.74) is 3.62. The molecule has 4 rings (SSSR count). The lowest BCUT2D eigenvalue weighted by Crippen LogP contribution is -2.24. The van der Waals surface area contributed by atoms with Gasteiger partial charge in [0.05, 0.1) is 6.61 Å². The number of hydrogen-bond acceptors (Lipinski definition) is 2. The lowest BCUT2D eigenvalue weighted by molar-refractivity contribution is -0.133. The summed E-state index contributed by atoms with van der Waals surface area (Å²) >= 11 is 0. The third-order valence-corrected chi connectivity index (χ3v) is 4.64. The first kappa shape index (κ1) is 12.8. The molecule has 0 amide bonds. The molecular weight excluding hydrogens is 260 g/mol. The molecule has 21 heavy (non-hydrogen) atoms. The van der Waals surface area contributed by atoms with Crippen molar-refractivity contribution in [1.29, 1.82) is 0 Å². The van der Waals surface area contributed by atoms with Crippen molar-refractivity contribution in [2.45, 2.75) is 24.9 Å². The molecule has 0 radical (unpaired) electrons. The quantitative estimate of drug-likeness (QED) is 0.856. The van der Waals surface area contributed by atoms with E-state index in [2.05, 4.69) is 18.2 Å². The average molecular weight is 278 g/mol. The van der Waals surface area contributed by atoms with Crippen molar-refractivity contribution >= 4 is 5.78 Å². The van der Waals surface area contributed by atoms with Gasteiger partial charge in [-0.3, -0.25) is 4.79 Å². The Bertz CT molecular complexity index is 662. The number of hydrogen-bond donors (Lipinski definition) is 0. The van der Waals surface area contributed by atoms with Crippen molar-refractivity contribution in [1.82, 2.24) is 0 Å². The van der Waals surface area contributed by atoms with E-state index in [9.17, 15) is 4.79 Å². The lowest BCUT2D eigenvalue weighted by Gasteiger charge is -2.25. The molecule has 1 saturated carbocycles. The molecule has 2 aromatic rings. The number of ketones is 1. The van der Waals surface area contributed by atoms with Crippen molar-refractivity contribution in [3.05, 3.63) is 71.3 Å². The zero-order valence-electron chi connectivity index (χ0n) is 11.9. The number of carbonyl (C=O) groups is 1. The van der Waals surface area contributed by atoms with E-state index in [1.165, 1.54) is 11.1 Å². The van der Waals surface area contributed by atoms with Crippen molar-refractivity contribution in [3.8, 4) is 0 Å². The molecule has 106 valence electrons. The van der Waals surface area contributed by atoms with Crippen LogP contribution < -0.4 is 0 Å². The zero-order chi connectivity index (χ0) is 14.2. The summed E-state index contributed by atoms with van der Waals surface area (Å²) in [6.45, 7) is 0.649. The highest BCUT2D eigenvalue weighted by Gasteiger charge is 2.47. The van der Waals surface area contributed by atoms with Crippen LogP contribution in [0.15, 0.2) is 54.6 Å². The Balaban J connectivity index is 1.55. The van der Waals surface area contributed by atoms with E-state index in [4.69, 9.17) is 4.74 Å². The number of rotatable bonds is 3. The van der Waals surface area contributed by atoms with Gasteiger partial charge in [0.2, 0.25) is 0 Å². The summed E-state index contributed by atoms with van der Waals surface area (Å²) in [6, 6.07) is 18.5. The smallest absolute Gasteiger partial charge is 0.169 e. The maximum atomic E-state index is 12.8. The van der Waals surface area contributed by atoms with E-state index >= 15 is 0 Å². The second-order valence-electron chi connectivity index (χ2n) is 5.96. The van der Waals surface area contributed by atoms with Crippen LogP contribution in [0.25, 0.3) is 0 Å². The van der Waals surface area contributed by atoms with Gasteiger partial charge in [0.25, 0.3) is 0 Å². The number of ether oxygens (including phenoxy) is 1. The topological polar surface area (TPSA) is 26.3 Å². The third-order valence-electron chi connectivity index (χ3n) is 4.64. The van der Waals surface area contributed by atoms with Gasteiger partial charge in [-0.25, -0.2) is 0 Å². The van der Waals surface area contributed by atoms with Crippen LogP contribution in [-0.2, 0) is 16.0 Å². The van der Waals surface area contributed by atoms with Crippen LogP contribution in [0.3, 0.4) is 0 Å². The molecule has 2 nitrogen and oxygen atoms in total. The van der Waals surface area contributed by atoms with Gasteiger partial charge in [-0.2, -0.15) is 0 Å². The first-order valence-electron chi connectivity index (χ1n) is 7.62. The molecule has 0 bridgehead atoms. The molecule has 0 spiro atoms. The monoisotopic (exact) mass is 278 g/mol. The summed E-state index contributed by atoms with van der Waals surface area (Å²) in [4.78, 5) is 12.8. The highest BCUT2D eigenvalue weighted by molar-refractivity contribution is 5.90. The molecule has 1 aliphatic heterocycles. The largest absolute Gasteiger partial charge is 0.365 e. The fourth-order valence-electron chi connectivity index (χ4n) is 3.40. The Kier molecular flexibility index (Phi) is 3.12. The van der Waals surface area contributed by atoms with E-state index in [1.807, 2.05) is 36.4 Å². The molecule has 0 saturated heterocycles. The van der Waals surface area contributed by atoms with E-state index in [1.54, 1.807) is 0 Å². The van der Waals surface area contributed by atoms with E-state index in [0.29, 0.717) is 12.5 Å². The van der Waals surface area contributed by atoms with Crippen LogP contribution >= 0.6 is 0 Å². The van der Waals surface area contributed by atoms with Gasteiger partial charge in [-0.15, -0.1) is 0 Å². The maximum Gasteiger partial charge on any atom is 0.169 e. The van der Waals surface area contributed by atoms with E-state index in [0.717, 1.165) is 18.4 Å². The minimum atomic E-state index is -0.353. The summed E-state index contributed by atoms with van der Waals surface area (Å²) in [5, 5.41) is 0. The third kappa shape index (κ3) is 2.30. The summed E-state index contributed by atoms with van der Waals surface area (Å²) in [7, 11) is 0. The van der Waals surface area contributed by atoms with Crippen LogP contribution in [0.1, 0.15) is 35.1 Å². The molecular formula is C19H18O2. The highest BCUT2D eigenvalue weighted by Crippen LogP contribution is 2.50. The second kappa shape index (κ2) is 5.12.